The summed E-state index contributed by atoms with van der Waals surface area (Å²) < 4.78 is 7.62. The van der Waals surface area contributed by atoms with Crippen molar-refractivity contribution >= 4 is 11.4 Å². The van der Waals surface area contributed by atoms with Crippen molar-refractivity contribution in [3.05, 3.63) is 35.4 Å². The fraction of sp³-hybridized carbons (Fsp3) is 0.556. The van der Waals surface area contributed by atoms with Crippen molar-refractivity contribution in [3.63, 3.8) is 0 Å². The first-order valence-electron chi connectivity index (χ1n) is 8.47. The van der Waals surface area contributed by atoms with Crippen LogP contribution in [0.25, 0.3) is 5.52 Å². The molecule has 4 rings (SSSR count). The van der Waals surface area contributed by atoms with Gasteiger partial charge in [0, 0.05) is 25.3 Å². The SMILES string of the molecule is COC(CNC(=O)c1ccc2cnc(C3CC3)n2c1C)C1CC1. The maximum absolute atomic E-state index is 12.6. The highest BCUT2D eigenvalue weighted by molar-refractivity contribution is 5.95. The molecule has 0 bridgehead atoms. The predicted octanol–water partition coefficient (Wildman–Crippen LogP) is 2.67. The van der Waals surface area contributed by atoms with E-state index >= 15 is 0 Å². The molecule has 0 saturated heterocycles. The van der Waals surface area contributed by atoms with E-state index in [4.69, 9.17) is 4.74 Å². The summed E-state index contributed by atoms with van der Waals surface area (Å²) in [6.45, 7) is 2.58. The molecule has 2 fully saturated rings. The fourth-order valence-corrected chi connectivity index (χ4v) is 3.34. The Hall–Kier alpha value is -1.88. The Morgan fingerprint density at radius 2 is 2.17 bits per heavy atom. The lowest BCUT2D eigenvalue weighted by Crippen LogP contribution is -2.34. The Bertz CT molecular complexity index is 744. The molecule has 0 aliphatic heterocycles. The van der Waals surface area contributed by atoms with Crippen molar-refractivity contribution in [1.82, 2.24) is 14.7 Å². The number of aryl methyl sites for hydroxylation is 1. The Balaban J connectivity index is 1.56. The van der Waals surface area contributed by atoms with Crippen LogP contribution in [0.5, 0.6) is 0 Å². The van der Waals surface area contributed by atoms with E-state index in [-0.39, 0.29) is 12.0 Å². The highest BCUT2D eigenvalue weighted by atomic mass is 16.5. The van der Waals surface area contributed by atoms with E-state index < -0.39 is 0 Å². The lowest BCUT2D eigenvalue weighted by molar-refractivity contribution is 0.0740. The summed E-state index contributed by atoms with van der Waals surface area (Å²) in [6, 6.07) is 3.88. The number of amides is 1. The second kappa shape index (κ2) is 5.64. The van der Waals surface area contributed by atoms with E-state index in [1.165, 1.54) is 25.7 Å². The molecule has 0 spiro atoms. The van der Waals surface area contributed by atoms with Crippen molar-refractivity contribution in [2.75, 3.05) is 13.7 Å². The van der Waals surface area contributed by atoms with Gasteiger partial charge < -0.3 is 10.1 Å². The first-order chi connectivity index (χ1) is 11.2. The zero-order valence-corrected chi connectivity index (χ0v) is 13.7. The smallest absolute Gasteiger partial charge is 0.253 e. The lowest BCUT2D eigenvalue weighted by Gasteiger charge is -2.16. The van der Waals surface area contributed by atoms with Crippen LogP contribution in [0.15, 0.2) is 18.3 Å². The quantitative estimate of drug-likeness (QED) is 0.892. The fourth-order valence-electron chi connectivity index (χ4n) is 3.34. The molecule has 2 aliphatic rings. The first-order valence-corrected chi connectivity index (χ1v) is 8.47. The van der Waals surface area contributed by atoms with Gasteiger partial charge in [0.15, 0.2) is 0 Å². The van der Waals surface area contributed by atoms with Gasteiger partial charge in [-0.25, -0.2) is 4.98 Å². The van der Waals surface area contributed by atoms with Crippen LogP contribution >= 0.6 is 0 Å². The second-order valence-corrected chi connectivity index (χ2v) is 6.80. The highest BCUT2D eigenvalue weighted by Crippen LogP contribution is 2.40. The van der Waals surface area contributed by atoms with Gasteiger partial charge in [-0.1, -0.05) is 0 Å². The summed E-state index contributed by atoms with van der Waals surface area (Å²) in [4.78, 5) is 17.1. The van der Waals surface area contributed by atoms with Gasteiger partial charge in [-0.15, -0.1) is 0 Å². The molecular weight excluding hydrogens is 290 g/mol. The number of hydrogen-bond donors (Lipinski definition) is 1. The molecule has 0 radical (unpaired) electrons. The molecule has 2 aromatic heterocycles. The Labute approximate surface area is 136 Å². The first kappa shape index (κ1) is 14.7. The number of carbonyl (C=O) groups excluding carboxylic acids is 1. The van der Waals surface area contributed by atoms with Gasteiger partial charge in [0.05, 0.1) is 23.4 Å². The number of carbonyl (C=O) groups is 1. The van der Waals surface area contributed by atoms with E-state index in [0.29, 0.717) is 18.4 Å². The van der Waals surface area contributed by atoms with Crippen LogP contribution in [0.2, 0.25) is 0 Å². The molecule has 0 aromatic carbocycles. The van der Waals surface area contributed by atoms with Gasteiger partial charge in [0.25, 0.3) is 5.91 Å². The molecule has 2 heterocycles. The van der Waals surface area contributed by atoms with Crippen LogP contribution in [0.4, 0.5) is 0 Å². The van der Waals surface area contributed by atoms with Crippen molar-refractivity contribution in [2.45, 2.75) is 44.6 Å². The van der Waals surface area contributed by atoms with Gasteiger partial charge in [-0.3, -0.25) is 9.20 Å². The van der Waals surface area contributed by atoms with Crippen molar-refractivity contribution < 1.29 is 9.53 Å². The average Bonchev–Trinajstić information content (AvgIpc) is 3.47. The highest BCUT2D eigenvalue weighted by Gasteiger charge is 2.32. The number of fused-ring (bicyclic) bond motifs is 1. The summed E-state index contributed by atoms with van der Waals surface area (Å²) >= 11 is 0. The summed E-state index contributed by atoms with van der Waals surface area (Å²) in [5.74, 6) is 2.24. The normalized spacial score (nSPS) is 19.0. The number of ether oxygens (including phenoxy) is 1. The lowest BCUT2D eigenvalue weighted by atomic mass is 10.1. The van der Waals surface area contributed by atoms with E-state index in [2.05, 4.69) is 14.7 Å². The summed E-state index contributed by atoms with van der Waals surface area (Å²) in [5, 5.41) is 3.04. The Kier molecular flexibility index (Phi) is 3.60. The molecule has 122 valence electrons. The van der Waals surface area contributed by atoms with Gasteiger partial charge in [0.1, 0.15) is 5.82 Å². The molecule has 1 N–H and O–H groups in total. The van der Waals surface area contributed by atoms with E-state index in [1.54, 1.807) is 7.11 Å². The van der Waals surface area contributed by atoms with Gasteiger partial charge >= 0.3 is 0 Å². The van der Waals surface area contributed by atoms with E-state index in [9.17, 15) is 4.79 Å². The number of aromatic nitrogens is 2. The average molecular weight is 313 g/mol. The van der Waals surface area contributed by atoms with Gasteiger partial charge in [0.2, 0.25) is 0 Å². The maximum atomic E-state index is 12.6. The van der Waals surface area contributed by atoms with Gasteiger partial charge in [-0.2, -0.15) is 0 Å². The minimum atomic E-state index is -0.0254. The van der Waals surface area contributed by atoms with Crippen molar-refractivity contribution in [1.29, 1.82) is 0 Å². The van der Waals surface area contributed by atoms with Crippen LogP contribution < -0.4 is 5.32 Å². The van der Waals surface area contributed by atoms with Gasteiger partial charge in [-0.05, 0) is 50.7 Å². The third-order valence-electron chi connectivity index (χ3n) is 5.06. The number of imidazole rings is 1. The van der Waals surface area contributed by atoms with E-state index in [0.717, 1.165) is 22.6 Å². The number of hydrogen-bond acceptors (Lipinski definition) is 3. The summed E-state index contributed by atoms with van der Waals surface area (Å²) in [7, 11) is 1.72. The molecule has 1 atom stereocenters. The molecule has 2 saturated carbocycles. The largest absolute Gasteiger partial charge is 0.379 e. The van der Waals surface area contributed by atoms with Crippen LogP contribution in [-0.2, 0) is 4.74 Å². The van der Waals surface area contributed by atoms with E-state index in [1.807, 2.05) is 25.3 Å². The molecule has 1 unspecified atom stereocenters. The molecule has 2 aliphatic carbocycles. The standard InChI is InChI=1S/C18H23N3O2/c1-11-15(18(22)20-10-16(23-2)12-3-4-12)8-7-14-9-19-17(21(11)14)13-5-6-13/h7-9,12-13,16H,3-6,10H2,1-2H3,(H,20,22). The Morgan fingerprint density at radius 3 is 2.83 bits per heavy atom. The minimum absolute atomic E-state index is 0.0254. The third-order valence-corrected chi connectivity index (χ3v) is 5.06. The van der Waals surface area contributed by atoms with Crippen LogP contribution in [-0.4, -0.2) is 35.1 Å². The predicted molar refractivity (Wildman–Crippen MR) is 87.8 cm³/mol. The Morgan fingerprint density at radius 1 is 1.39 bits per heavy atom. The van der Waals surface area contributed by atoms with Crippen molar-refractivity contribution in [3.8, 4) is 0 Å². The second-order valence-electron chi connectivity index (χ2n) is 6.80. The number of pyridine rings is 1. The van der Waals surface area contributed by atoms with Crippen LogP contribution in [0, 0.1) is 12.8 Å². The van der Waals surface area contributed by atoms with Crippen LogP contribution in [0.1, 0.15) is 53.5 Å². The zero-order chi connectivity index (χ0) is 16.0. The molecule has 5 nitrogen and oxygen atoms in total. The van der Waals surface area contributed by atoms with Crippen LogP contribution in [0.3, 0.4) is 0 Å². The molecule has 5 heteroatoms. The molecule has 1 amide bonds. The summed E-state index contributed by atoms with van der Waals surface area (Å²) in [5.41, 5.74) is 2.76. The number of rotatable bonds is 6. The molecule has 2 aromatic rings. The third kappa shape index (κ3) is 2.74. The van der Waals surface area contributed by atoms with Crippen molar-refractivity contribution in [2.24, 2.45) is 5.92 Å². The minimum Gasteiger partial charge on any atom is -0.379 e. The number of nitrogens with zero attached hydrogens (tertiary/aromatic N) is 2. The monoisotopic (exact) mass is 313 g/mol. The number of nitrogens with one attached hydrogen (secondary N) is 1. The molecular formula is C18H23N3O2. The maximum Gasteiger partial charge on any atom is 0.253 e. The number of methoxy groups -OCH3 is 1. The zero-order valence-electron chi connectivity index (χ0n) is 13.7. The molecule has 23 heavy (non-hydrogen) atoms. The topological polar surface area (TPSA) is 55.6 Å². The summed E-state index contributed by atoms with van der Waals surface area (Å²) in [6.07, 6.45) is 6.85.